The molecule has 1 aliphatic rings. The Hall–Kier alpha value is -0.960. The number of carbonyl (C=O) groups excluding carboxylic acids is 1. The largest absolute Gasteiger partial charge is 0.472 e. The fourth-order valence-electron chi connectivity index (χ4n) is 7.18. The molecule has 0 bridgehead atoms. The highest BCUT2D eigenvalue weighted by molar-refractivity contribution is 7.47. The van der Waals surface area contributed by atoms with Gasteiger partial charge in [-0.1, -0.05) is 174 Å². The maximum Gasteiger partial charge on any atom is 0.472 e. The van der Waals surface area contributed by atoms with Gasteiger partial charge in [0, 0.05) is 0 Å². The van der Waals surface area contributed by atoms with Crippen molar-refractivity contribution in [3.63, 3.8) is 0 Å². The van der Waals surface area contributed by atoms with Gasteiger partial charge in [0.15, 0.2) is 0 Å². The standard InChI is InChI=1S/C42H82NO12P/c1-3-5-7-9-11-13-15-16-17-18-19-20-21-23-25-27-29-33(44)31-36(46)43-34(35(45)30-28-26-24-22-14-12-10-8-6-4-2)32-54-56(52,53)55-42-40(50)38(48)37(47)39(49)41(42)51/h28,30,33-35,37-42,44-45,47-51H,3-27,29,31-32H2,1-2H3,(H,43,46)(H,52,53)/b30-28+. The molecule has 8 atom stereocenters. The lowest BCUT2D eigenvalue weighted by molar-refractivity contribution is -0.220. The van der Waals surface area contributed by atoms with Crippen LogP contribution in [-0.4, -0.2) is 108 Å². The second-order valence-electron chi connectivity index (χ2n) is 16.1. The van der Waals surface area contributed by atoms with Crippen LogP contribution in [0.4, 0.5) is 0 Å². The number of rotatable bonds is 36. The lowest BCUT2D eigenvalue weighted by atomic mass is 9.85. The van der Waals surface area contributed by atoms with E-state index in [-0.39, 0.29) is 6.42 Å². The molecule has 0 aromatic heterocycles. The number of nitrogens with one attached hydrogen (secondary N) is 1. The number of phosphoric ester groups is 1. The van der Waals surface area contributed by atoms with Gasteiger partial charge in [-0.25, -0.2) is 4.57 Å². The van der Waals surface area contributed by atoms with E-state index in [2.05, 4.69) is 19.2 Å². The molecule has 0 aromatic rings. The van der Waals surface area contributed by atoms with Crippen molar-refractivity contribution in [2.45, 2.75) is 242 Å². The second-order valence-corrected chi connectivity index (χ2v) is 17.5. The van der Waals surface area contributed by atoms with Gasteiger partial charge in [0.05, 0.1) is 31.3 Å². The van der Waals surface area contributed by atoms with Crippen molar-refractivity contribution in [2.75, 3.05) is 6.61 Å². The van der Waals surface area contributed by atoms with Crippen LogP contribution in [0.5, 0.6) is 0 Å². The van der Waals surface area contributed by atoms with E-state index in [9.17, 15) is 50.0 Å². The van der Waals surface area contributed by atoms with Crippen LogP contribution < -0.4 is 5.32 Å². The molecule has 0 aromatic carbocycles. The topological polar surface area (TPSA) is 226 Å². The molecule has 1 rings (SSSR count). The lowest BCUT2D eigenvalue weighted by Gasteiger charge is -2.41. The van der Waals surface area contributed by atoms with E-state index in [1.807, 2.05) is 0 Å². The Morgan fingerprint density at radius 2 is 1.02 bits per heavy atom. The van der Waals surface area contributed by atoms with Gasteiger partial charge in [0.2, 0.25) is 5.91 Å². The maximum atomic E-state index is 12.9. The highest BCUT2D eigenvalue weighted by Gasteiger charge is 2.51. The molecule has 332 valence electrons. The molecule has 0 aliphatic heterocycles. The summed E-state index contributed by atoms with van der Waals surface area (Å²) in [6.07, 6.45) is 18.9. The number of carbonyl (C=O) groups is 1. The summed E-state index contributed by atoms with van der Waals surface area (Å²) in [7, 11) is -5.13. The van der Waals surface area contributed by atoms with Crippen molar-refractivity contribution in [2.24, 2.45) is 0 Å². The number of phosphoric acid groups is 1. The minimum Gasteiger partial charge on any atom is -0.393 e. The Labute approximate surface area is 338 Å². The molecule has 13 nitrogen and oxygen atoms in total. The number of aliphatic hydroxyl groups is 7. The zero-order valence-electron chi connectivity index (χ0n) is 34.8. The number of hydrogen-bond acceptors (Lipinski definition) is 11. The molecule has 0 radical (unpaired) electrons. The maximum absolute atomic E-state index is 12.9. The predicted molar refractivity (Wildman–Crippen MR) is 220 cm³/mol. The molecule has 1 amide bonds. The van der Waals surface area contributed by atoms with Gasteiger partial charge in [-0.3, -0.25) is 13.8 Å². The molecule has 56 heavy (non-hydrogen) atoms. The van der Waals surface area contributed by atoms with Gasteiger partial charge >= 0.3 is 7.82 Å². The first-order valence-electron chi connectivity index (χ1n) is 22.2. The summed E-state index contributed by atoms with van der Waals surface area (Å²) in [5.74, 6) is -0.592. The molecule has 0 saturated heterocycles. The van der Waals surface area contributed by atoms with Gasteiger partial charge in [-0.2, -0.15) is 0 Å². The van der Waals surface area contributed by atoms with Crippen LogP contribution >= 0.6 is 7.82 Å². The fraction of sp³-hybridized carbons (Fsp3) is 0.929. The summed E-state index contributed by atoms with van der Waals surface area (Å²) in [6, 6.07) is -1.23. The van der Waals surface area contributed by atoms with E-state index in [4.69, 9.17) is 9.05 Å². The highest BCUT2D eigenvalue weighted by atomic mass is 31.2. The fourth-order valence-corrected chi connectivity index (χ4v) is 8.15. The molecule has 0 heterocycles. The monoisotopic (exact) mass is 824 g/mol. The number of allylic oxidation sites excluding steroid dienone is 1. The molecule has 14 heteroatoms. The summed E-state index contributed by atoms with van der Waals surface area (Å²) in [4.78, 5) is 23.3. The van der Waals surface area contributed by atoms with Crippen LogP contribution in [-0.2, 0) is 18.4 Å². The second kappa shape index (κ2) is 32.8. The summed E-state index contributed by atoms with van der Waals surface area (Å²) in [6.45, 7) is 3.70. The van der Waals surface area contributed by atoms with Crippen LogP contribution in [0.1, 0.15) is 187 Å². The first-order valence-corrected chi connectivity index (χ1v) is 23.7. The number of amides is 1. The molecule has 8 unspecified atom stereocenters. The molecule has 1 fully saturated rings. The van der Waals surface area contributed by atoms with Crippen LogP contribution in [0, 0.1) is 0 Å². The minimum absolute atomic E-state index is 0.240. The quantitative estimate of drug-likeness (QED) is 0.0184. The normalized spacial score (nSPS) is 24.2. The number of unbranched alkanes of at least 4 members (excludes halogenated alkanes) is 23. The van der Waals surface area contributed by atoms with Gasteiger partial charge < -0.3 is 46.0 Å². The summed E-state index contributed by atoms with van der Waals surface area (Å²) < 4.78 is 22.8. The number of hydrogen-bond donors (Lipinski definition) is 9. The van der Waals surface area contributed by atoms with E-state index < -0.39 is 75.2 Å². The van der Waals surface area contributed by atoms with Gasteiger partial charge in [-0.05, 0) is 19.3 Å². The van der Waals surface area contributed by atoms with Crippen LogP contribution in [0.3, 0.4) is 0 Å². The minimum atomic E-state index is -5.13. The van der Waals surface area contributed by atoms with Gasteiger partial charge in [0.25, 0.3) is 0 Å². The smallest absolute Gasteiger partial charge is 0.393 e. The van der Waals surface area contributed by atoms with Crippen LogP contribution in [0.2, 0.25) is 0 Å². The van der Waals surface area contributed by atoms with Crippen molar-refractivity contribution < 1.29 is 59.0 Å². The predicted octanol–water partition coefficient (Wildman–Crippen LogP) is 6.64. The van der Waals surface area contributed by atoms with Crippen molar-refractivity contribution in [3.05, 3.63) is 12.2 Å². The molecule has 1 aliphatic carbocycles. The molecule has 1 saturated carbocycles. The van der Waals surface area contributed by atoms with E-state index in [1.165, 1.54) is 115 Å². The van der Waals surface area contributed by atoms with Crippen molar-refractivity contribution in [1.82, 2.24) is 5.32 Å². The van der Waals surface area contributed by atoms with Crippen molar-refractivity contribution in [1.29, 1.82) is 0 Å². The Morgan fingerprint density at radius 1 is 0.625 bits per heavy atom. The van der Waals surface area contributed by atoms with Crippen LogP contribution in [0.25, 0.3) is 0 Å². The summed E-state index contributed by atoms with van der Waals surface area (Å²) in [5.41, 5.74) is 0. The first kappa shape index (κ1) is 53.1. The number of aliphatic hydroxyl groups excluding tert-OH is 7. The molecule has 0 spiro atoms. The summed E-state index contributed by atoms with van der Waals surface area (Å²) >= 11 is 0. The lowest BCUT2D eigenvalue weighted by Crippen LogP contribution is -2.64. The highest BCUT2D eigenvalue weighted by Crippen LogP contribution is 2.47. The van der Waals surface area contributed by atoms with Gasteiger partial charge in [0.1, 0.15) is 36.6 Å². The zero-order valence-corrected chi connectivity index (χ0v) is 35.7. The Bertz CT molecular complexity index is 1020. The Morgan fingerprint density at radius 3 is 1.46 bits per heavy atom. The first-order chi connectivity index (χ1) is 26.8. The third kappa shape index (κ3) is 24.8. The Kier molecular flexibility index (Phi) is 31.1. The van der Waals surface area contributed by atoms with Crippen LogP contribution in [0.15, 0.2) is 12.2 Å². The van der Waals surface area contributed by atoms with E-state index in [0.29, 0.717) is 12.8 Å². The molecular formula is C42H82NO12P. The van der Waals surface area contributed by atoms with Crippen molar-refractivity contribution >= 4 is 13.7 Å². The zero-order chi connectivity index (χ0) is 41.6. The summed E-state index contributed by atoms with van der Waals surface area (Å²) in [5, 5.41) is 74.2. The molecule has 9 N–H and O–H groups in total. The van der Waals surface area contributed by atoms with Gasteiger partial charge in [-0.15, -0.1) is 0 Å². The average molecular weight is 824 g/mol. The third-order valence-corrected chi connectivity index (χ3v) is 11.9. The van der Waals surface area contributed by atoms with E-state index >= 15 is 0 Å². The van der Waals surface area contributed by atoms with E-state index in [0.717, 1.165) is 44.9 Å². The van der Waals surface area contributed by atoms with Crippen molar-refractivity contribution in [3.8, 4) is 0 Å². The SMILES string of the molecule is CCCCCCCCCC/C=C/C(O)C(COP(=O)(O)OC1C(O)C(O)C(O)C(O)C1O)NC(=O)CC(O)CCCCCCCCCCCCCCCCCC. The molecular weight excluding hydrogens is 741 g/mol. The third-order valence-electron chi connectivity index (χ3n) is 10.9. The van der Waals surface area contributed by atoms with E-state index in [1.54, 1.807) is 6.08 Å². The average Bonchev–Trinajstić information content (AvgIpc) is 3.17. The Balaban J connectivity index is 2.53.